The van der Waals surface area contributed by atoms with Crippen LogP contribution in [0, 0.1) is 0 Å². The second kappa shape index (κ2) is 6.49. The number of piperazine rings is 1. The van der Waals surface area contributed by atoms with E-state index in [1.54, 1.807) is 11.3 Å². The molecular formula is C17H22N6S. The number of aliphatic imine (C=N–C) groups is 2. The van der Waals surface area contributed by atoms with Gasteiger partial charge in [0.2, 0.25) is 0 Å². The summed E-state index contributed by atoms with van der Waals surface area (Å²) in [6.45, 7) is 6.18. The second-order valence-corrected chi connectivity index (χ2v) is 7.33. The molecule has 0 aromatic carbocycles. The molecule has 6 nitrogen and oxygen atoms in total. The molecule has 1 aromatic heterocycles. The first-order chi connectivity index (χ1) is 11.7. The average molecular weight is 342 g/mol. The molecule has 7 heteroatoms. The zero-order chi connectivity index (χ0) is 16.5. The van der Waals surface area contributed by atoms with Gasteiger partial charge in [0.15, 0.2) is 11.7 Å². The van der Waals surface area contributed by atoms with Crippen LogP contribution in [0.3, 0.4) is 0 Å². The van der Waals surface area contributed by atoms with Gasteiger partial charge in [0.05, 0.1) is 17.1 Å². The van der Waals surface area contributed by atoms with E-state index in [-0.39, 0.29) is 6.04 Å². The van der Waals surface area contributed by atoms with Crippen molar-refractivity contribution in [1.29, 1.82) is 0 Å². The van der Waals surface area contributed by atoms with Crippen molar-refractivity contribution in [2.24, 2.45) is 15.1 Å². The summed E-state index contributed by atoms with van der Waals surface area (Å²) < 4.78 is 0. The zero-order valence-corrected chi connectivity index (χ0v) is 14.9. The monoisotopic (exact) mass is 342 g/mol. The summed E-state index contributed by atoms with van der Waals surface area (Å²) in [5, 5.41) is 8.74. The maximum absolute atomic E-state index is 4.93. The van der Waals surface area contributed by atoms with Gasteiger partial charge in [0.25, 0.3) is 0 Å². The molecule has 1 unspecified atom stereocenters. The molecule has 4 rings (SSSR count). The van der Waals surface area contributed by atoms with Gasteiger partial charge in [-0.05, 0) is 25.4 Å². The van der Waals surface area contributed by atoms with Crippen molar-refractivity contribution >= 4 is 34.9 Å². The fourth-order valence-corrected chi connectivity index (χ4v) is 3.77. The summed E-state index contributed by atoms with van der Waals surface area (Å²) in [7, 11) is 2.16. The average Bonchev–Trinajstić information content (AvgIpc) is 3.04. The molecule has 24 heavy (non-hydrogen) atoms. The quantitative estimate of drug-likeness (QED) is 0.786. The molecule has 0 aliphatic carbocycles. The molecule has 0 amide bonds. The maximum Gasteiger partial charge on any atom is 0.193 e. The highest BCUT2D eigenvalue weighted by atomic mass is 32.1. The van der Waals surface area contributed by atoms with Gasteiger partial charge in [-0.15, -0.1) is 11.3 Å². The Bertz CT molecular complexity index is 709. The van der Waals surface area contributed by atoms with Crippen molar-refractivity contribution in [2.45, 2.75) is 19.4 Å². The maximum atomic E-state index is 4.93. The summed E-state index contributed by atoms with van der Waals surface area (Å²) in [4.78, 5) is 15.6. The van der Waals surface area contributed by atoms with E-state index in [4.69, 9.17) is 15.1 Å². The molecule has 1 atom stereocenters. The lowest BCUT2D eigenvalue weighted by atomic mass is 10.2. The molecule has 3 aliphatic rings. The lowest BCUT2D eigenvalue weighted by Gasteiger charge is -2.37. The predicted octanol–water partition coefficient (Wildman–Crippen LogP) is 2.18. The predicted molar refractivity (Wildman–Crippen MR) is 101 cm³/mol. The third-order valence-corrected chi connectivity index (χ3v) is 5.39. The van der Waals surface area contributed by atoms with Crippen molar-refractivity contribution in [3.63, 3.8) is 0 Å². The fraction of sp³-hybridized carbons (Fsp3) is 0.471. The lowest BCUT2D eigenvalue weighted by Crippen LogP contribution is -2.52. The number of hydrogen-bond acceptors (Lipinski definition) is 7. The topological polar surface area (TPSA) is 46.8 Å². The SMILES string of the molecule is CC1CC=NN2C(c3cccs3)=CN=C(N3CCN(C)CC3)C2=N1. The molecule has 0 spiro atoms. The van der Waals surface area contributed by atoms with Crippen LogP contribution >= 0.6 is 11.3 Å². The van der Waals surface area contributed by atoms with Gasteiger partial charge < -0.3 is 9.80 Å². The van der Waals surface area contributed by atoms with E-state index in [0.29, 0.717) is 0 Å². The summed E-state index contributed by atoms with van der Waals surface area (Å²) in [6, 6.07) is 4.38. The van der Waals surface area contributed by atoms with Crippen molar-refractivity contribution in [1.82, 2.24) is 14.8 Å². The molecule has 0 saturated carbocycles. The standard InChI is InChI=1S/C17H22N6S/c1-13-5-6-19-23-14(15-4-3-11-24-15)12-18-16(17(23)20-13)22-9-7-21(2)8-10-22/h3-4,6,11-13H,5,7-10H2,1-2H3. The third kappa shape index (κ3) is 2.89. The Morgan fingerprint density at radius 3 is 2.75 bits per heavy atom. The highest BCUT2D eigenvalue weighted by Crippen LogP contribution is 2.29. The zero-order valence-electron chi connectivity index (χ0n) is 14.1. The summed E-state index contributed by atoms with van der Waals surface area (Å²) in [6.07, 6.45) is 4.76. The van der Waals surface area contributed by atoms with E-state index in [0.717, 1.165) is 54.8 Å². The normalized spacial score (nSPS) is 24.9. The molecule has 0 bridgehead atoms. The lowest BCUT2D eigenvalue weighted by molar-refractivity contribution is 0.216. The van der Waals surface area contributed by atoms with Crippen LogP contribution in [-0.2, 0) is 0 Å². The van der Waals surface area contributed by atoms with E-state index in [9.17, 15) is 0 Å². The first kappa shape index (κ1) is 15.5. The molecular weight excluding hydrogens is 320 g/mol. The van der Waals surface area contributed by atoms with Gasteiger partial charge >= 0.3 is 0 Å². The molecule has 4 heterocycles. The molecule has 126 valence electrons. The Morgan fingerprint density at radius 2 is 2.00 bits per heavy atom. The Balaban J connectivity index is 1.74. The van der Waals surface area contributed by atoms with E-state index in [1.807, 2.05) is 17.4 Å². The van der Waals surface area contributed by atoms with E-state index >= 15 is 0 Å². The van der Waals surface area contributed by atoms with Crippen LogP contribution in [0.2, 0.25) is 0 Å². The van der Waals surface area contributed by atoms with Crippen LogP contribution < -0.4 is 0 Å². The highest BCUT2D eigenvalue weighted by molar-refractivity contribution is 7.11. The second-order valence-electron chi connectivity index (χ2n) is 6.38. The first-order valence-corrected chi connectivity index (χ1v) is 9.26. The number of nitrogens with zero attached hydrogens (tertiary/aromatic N) is 6. The fourth-order valence-electron chi connectivity index (χ4n) is 3.05. The molecule has 0 N–H and O–H groups in total. The molecule has 3 aliphatic heterocycles. The highest BCUT2D eigenvalue weighted by Gasteiger charge is 2.32. The van der Waals surface area contributed by atoms with Gasteiger partial charge in [-0.1, -0.05) is 6.07 Å². The number of thiophene rings is 1. The number of likely N-dealkylation sites (N-methyl/N-ethyl adjacent to an activating group) is 1. The number of hydrogen-bond donors (Lipinski definition) is 0. The van der Waals surface area contributed by atoms with E-state index in [2.05, 4.69) is 41.3 Å². The van der Waals surface area contributed by atoms with Crippen molar-refractivity contribution in [3.05, 3.63) is 28.6 Å². The van der Waals surface area contributed by atoms with Crippen molar-refractivity contribution < 1.29 is 0 Å². The Kier molecular flexibility index (Phi) is 4.20. The van der Waals surface area contributed by atoms with Gasteiger partial charge in [-0.2, -0.15) is 5.10 Å². The van der Waals surface area contributed by atoms with Gasteiger partial charge in [-0.3, -0.25) is 4.99 Å². The minimum absolute atomic E-state index is 0.217. The van der Waals surface area contributed by atoms with Crippen LogP contribution in [-0.4, -0.2) is 72.0 Å². The van der Waals surface area contributed by atoms with Crippen LogP contribution in [0.1, 0.15) is 18.2 Å². The Labute approximate surface area is 146 Å². The van der Waals surface area contributed by atoms with E-state index < -0.39 is 0 Å². The van der Waals surface area contributed by atoms with Crippen LogP contribution in [0.4, 0.5) is 0 Å². The van der Waals surface area contributed by atoms with Crippen LogP contribution in [0.5, 0.6) is 0 Å². The third-order valence-electron chi connectivity index (χ3n) is 4.50. The molecule has 1 aromatic rings. The number of hydrazone groups is 1. The minimum atomic E-state index is 0.217. The number of amidine groups is 2. The Morgan fingerprint density at radius 1 is 1.17 bits per heavy atom. The number of rotatable bonds is 1. The van der Waals surface area contributed by atoms with Gasteiger partial charge in [0.1, 0.15) is 5.70 Å². The summed E-state index contributed by atoms with van der Waals surface area (Å²) >= 11 is 1.70. The van der Waals surface area contributed by atoms with E-state index in [1.165, 1.54) is 0 Å². The molecule has 0 radical (unpaired) electrons. The smallest absolute Gasteiger partial charge is 0.193 e. The van der Waals surface area contributed by atoms with Crippen molar-refractivity contribution in [2.75, 3.05) is 33.2 Å². The summed E-state index contributed by atoms with van der Waals surface area (Å²) in [5.74, 6) is 1.83. The van der Waals surface area contributed by atoms with Gasteiger partial charge in [0, 0.05) is 38.8 Å². The largest absolute Gasteiger partial charge is 0.351 e. The molecule has 1 fully saturated rings. The number of fused-ring (bicyclic) bond motifs is 1. The van der Waals surface area contributed by atoms with Gasteiger partial charge in [-0.25, -0.2) is 10.0 Å². The molecule has 1 saturated heterocycles. The van der Waals surface area contributed by atoms with Crippen LogP contribution in [0.25, 0.3) is 5.70 Å². The van der Waals surface area contributed by atoms with Crippen LogP contribution in [0.15, 0.2) is 38.8 Å². The minimum Gasteiger partial charge on any atom is -0.351 e. The van der Waals surface area contributed by atoms with Crippen molar-refractivity contribution in [3.8, 4) is 0 Å². The summed E-state index contributed by atoms with van der Waals surface area (Å²) in [5.41, 5.74) is 1.01. The first-order valence-electron chi connectivity index (χ1n) is 8.38. The Hall–Kier alpha value is -1.99.